The zero-order valence-corrected chi connectivity index (χ0v) is 12.8. The summed E-state index contributed by atoms with van der Waals surface area (Å²) >= 11 is 0. The molecule has 1 aliphatic heterocycles. The molecule has 0 atom stereocenters. The van der Waals surface area contributed by atoms with Gasteiger partial charge in [-0.25, -0.2) is 4.98 Å². The minimum Gasteiger partial charge on any atom is -0.439 e. The van der Waals surface area contributed by atoms with Crippen molar-refractivity contribution < 1.29 is 9.47 Å². The van der Waals surface area contributed by atoms with E-state index >= 15 is 0 Å². The highest BCUT2D eigenvalue weighted by atomic mass is 16.5. The molecule has 3 rings (SSSR count). The molecule has 0 bridgehead atoms. The van der Waals surface area contributed by atoms with Crippen LogP contribution in [0.3, 0.4) is 0 Å². The first-order valence-corrected chi connectivity index (χ1v) is 7.64. The van der Waals surface area contributed by atoms with Gasteiger partial charge in [0.1, 0.15) is 17.1 Å². The third-order valence-corrected chi connectivity index (χ3v) is 3.74. The van der Waals surface area contributed by atoms with E-state index in [4.69, 9.17) is 20.6 Å². The number of para-hydroxylation sites is 1. The monoisotopic (exact) mass is 312 g/mol. The van der Waals surface area contributed by atoms with E-state index in [1.165, 1.54) is 0 Å². The van der Waals surface area contributed by atoms with Gasteiger partial charge in [0.25, 0.3) is 0 Å². The van der Waals surface area contributed by atoms with E-state index in [0.717, 1.165) is 26.1 Å². The predicted molar refractivity (Wildman–Crippen MR) is 90.0 cm³/mol. The number of nitrogen functional groups attached to an aromatic ring is 1. The Morgan fingerprint density at radius 1 is 1.22 bits per heavy atom. The summed E-state index contributed by atoms with van der Waals surface area (Å²) in [6, 6.07) is 11.1. The Morgan fingerprint density at radius 3 is 2.70 bits per heavy atom. The Morgan fingerprint density at radius 2 is 1.96 bits per heavy atom. The summed E-state index contributed by atoms with van der Waals surface area (Å²) in [4.78, 5) is 4.34. The van der Waals surface area contributed by atoms with Crippen molar-refractivity contribution in [1.82, 2.24) is 4.98 Å². The molecular formula is C17H20N4O2. The second-order valence-electron chi connectivity index (χ2n) is 5.40. The molecule has 0 radical (unpaired) electrons. The van der Waals surface area contributed by atoms with Crippen LogP contribution in [0, 0.1) is 5.41 Å². The molecule has 0 amide bonds. The Labute approximate surface area is 135 Å². The van der Waals surface area contributed by atoms with E-state index in [1.807, 2.05) is 18.2 Å². The van der Waals surface area contributed by atoms with Gasteiger partial charge in [0, 0.05) is 31.1 Å². The number of hydrogen-bond acceptors (Lipinski definition) is 6. The topological polar surface area (TPSA) is 93.2 Å². The maximum Gasteiger partial charge on any atom is 0.225 e. The molecule has 120 valence electrons. The fourth-order valence-electron chi connectivity index (χ4n) is 2.52. The van der Waals surface area contributed by atoms with Crippen LogP contribution in [-0.2, 0) is 4.74 Å². The van der Waals surface area contributed by atoms with Crippen molar-refractivity contribution in [3.05, 3.63) is 48.2 Å². The summed E-state index contributed by atoms with van der Waals surface area (Å²) < 4.78 is 11.0. The van der Waals surface area contributed by atoms with Crippen molar-refractivity contribution in [3.63, 3.8) is 0 Å². The van der Waals surface area contributed by atoms with Gasteiger partial charge in [-0.05, 0) is 31.0 Å². The van der Waals surface area contributed by atoms with E-state index in [2.05, 4.69) is 10.3 Å². The third-order valence-electron chi connectivity index (χ3n) is 3.74. The fourth-order valence-corrected chi connectivity index (χ4v) is 2.52. The molecule has 6 heteroatoms. The van der Waals surface area contributed by atoms with Crippen molar-refractivity contribution >= 4 is 17.4 Å². The van der Waals surface area contributed by atoms with E-state index in [0.29, 0.717) is 22.8 Å². The zero-order valence-electron chi connectivity index (χ0n) is 12.8. The third kappa shape index (κ3) is 3.78. The van der Waals surface area contributed by atoms with Gasteiger partial charge in [-0.1, -0.05) is 18.2 Å². The number of rotatable bonds is 4. The summed E-state index contributed by atoms with van der Waals surface area (Å²) in [5, 5.41) is 11.6. The van der Waals surface area contributed by atoms with E-state index in [-0.39, 0.29) is 11.9 Å². The second kappa shape index (κ2) is 7.11. The number of benzene rings is 1. The summed E-state index contributed by atoms with van der Waals surface area (Å²) in [5.41, 5.74) is 7.01. The molecule has 1 fully saturated rings. The Balaban J connectivity index is 1.81. The lowest BCUT2D eigenvalue weighted by Crippen LogP contribution is -2.29. The molecule has 6 nitrogen and oxygen atoms in total. The standard InChI is InChI=1S/C17H20N4O2/c18-14-6-9-20-17(21-12-7-10-22-11-8-12)15(14)16(19)23-13-4-2-1-3-5-13/h1-6,9,12,19H,7-8,10-11H2,(H3,18,20,21). The number of anilines is 2. The summed E-state index contributed by atoms with van der Waals surface area (Å²) in [7, 11) is 0. The molecule has 4 N–H and O–H groups in total. The van der Waals surface area contributed by atoms with Crippen LogP contribution in [0.1, 0.15) is 18.4 Å². The number of nitrogens with two attached hydrogens (primary N) is 1. The molecule has 2 heterocycles. The Kier molecular flexibility index (Phi) is 4.73. The maximum atomic E-state index is 8.26. The molecule has 23 heavy (non-hydrogen) atoms. The second-order valence-corrected chi connectivity index (χ2v) is 5.40. The number of nitrogens with zero attached hydrogens (tertiary/aromatic N) is 1. The predicted octanol–water partition coefficient (Wildman–Crippen LogP) is 2.66. The maximum absolute atomic E-state index is 8.26. The highest BCUT2D eigenvalue weighted by Gasteiger charge is 2.20. The van der Waals surface area contributed by atoms with Crippen molar-refractivity contribution in [3.8, 4) is 5.75 Å². The van der Waals surface area contributed by atoms with Gasteiger partial charge in [0.05, 0.1) is 0 Å². The lowest BCUT2D eigenvalue weighted by atomic mass is 10.1. The molecule has 1 aromatic heterocycles. The molecule has 0 saturated carbocycles. The van der Waals surface area contributed by atoms with Gasteiger partial charge < -0.3 is 20.5 Å². The molecule has 0 aliphatic carbocycles. The van der Waals surface area contributed by atoms with Gasteiger partial charge in [0.15, 0.2) is 0 Å². The summed E-state index contributed by atoms with van der Waals surface area (Å²) in [6.07, 6.45) is 3.45. The van der Waals surface area contributed by atoms with Gasteiger partial charge in [-0.15, -0.1) is 0 Å². The smallest absolute Gasteiger partial charge is 0.225 e. The first-order valence-electron chi connectivity index (χ1n) is 7.64. The van der Waals surface area contributed by atoms with Crippen molar-refractivity contribution in [2.24, 2.45) is 0 Å². The molecule has 1 saturated heterocycles. The minimum absolute atomic E-state index is 0.0173. The number of aromatic nitrogens is 1. The van der Waals surface area contributed by atoms with Crippen LogP contribution in [0.25, 0.3) is 0 Å². The normalized spacial score (nSPS) is 15.1. The van der Waals surface area contributed by atoms with E-state index < -0.39 is 0 Å². The first-order chi connectivity index (χ1) is 11.2. The SMILES string of the molecule is N=C(Oc1ccccc1)c1c(N)ccnc1NC1CCOCC1. The van der Waals surface area contributed by atoms with Crippen LogP contribution < -0.4 is 15.8 Å². The average molecular weight is 312 g/mol. The van der Waals surface area contributed by atoms with Crippen LogP contribution >= 0.6 is 0 Å². The molecule has 1 aromatic carbocycles. The van der Waals surface area contributed by atoms with Gasteiger partial charge in [0.2, 0.25) is 5.90 Å². The summed E-state index contributed by atoms with van der Waals surface area (Å²) in [5.74, 6) is 1.16. The van der Waals surface area contributed by atoms with Crippen LogP contribution in [0.2, 0.25) is 0 Å². The largest absolute Gasteiger partial charge is 0.439 e. The molecule has 0 spiro atoms. The lowest BCUT2D eigenvalue weighted by Gasteiger charge is -2.25. The lowest BCUT2D eigenvalue weighted by molar-refractivity contribution is 0.0904. The molecular weight excluding hydrogens is 292 g/mol. The van der Waals surface area contributed by atoms with Crippen molar-refractivity contribution in [2.75, 3.05) is 24.3 Å². The zero-order chi connectivity index (χ0) is 16.1. The van der Waals surface area contributed by atoms with Crippen LogP contribution in [0.15, 0.2) is 42.6 Å². The van der Waals surface area contributed by atoms with E-state index in [9.17, 15) is 0 Å². The summed E-state index contributed by atoms with van der Waals surface area (Å²) in [6.45, 7) is 1.46. The first kappa shape index (κ1) is 15.3. The highest BCUT2D eigenvalue weighted by molar-refractivity contribution is 6.02. The number of pyridine rings is 1. The van der Waals surface area contributed by atoms with Crippen LogP contribution in [0.5, 0.6) is 5.75 Å². The minimum atomic E-state index is -0.0173. The average Bonchev–Trinajstić information content (AvgIpc) is 2.57. The highest BCUT2D eigenvalue weighted by Crippen LogP contribution is 2.24. The molecule has 2 aromatic rings. The van der Waals surface area contributed by atoms with Gasteiger partial charge >= 0.3 is 0 Å². The Hall–Kier alpha value is -2.60. The number of ether oxygens (including phenoxy) is 2. The fraction of sp³-hybridized carbons (Fsp3) is 0.294. The van der Waals surface area contributed by atoms with Crippen LogP contribution in [-0.4, -0.2) is 30.1 Å². The van der Waals surface area contributed by atoms with Crippen LogP contribution in [0.4, 0.5) is 11.5 Å². The van der Waals surface area contributed by atoms with E-state index in [1.54, 1.807) is 24.4 Å². The quantitative estimate of drug-likeness (QED) is 0.596. The number of nitrogens with one attached hydrogen (secondary N) is 2. The van der Waals surface area contributed by atoms with Crippen molar-refractivity contribution in [1.29, 1.82) is 5.41 Å². The van der Waals surface area contributed by atoms with Crippen molar-refractivity contribution in [2.45, 2.75) is 18.9 Å². The Bertz CT molecular complexity index is 670. The molecule has 1 aliphatic rings. The van der Waals surface area contributed by atoms with Gasteiger partial charge in [-0.2, -0.15) is 0 Å². The molecule has 0 unspecified atom stereocenters. The van der Waals surface area contributed by atoms with Gasteiger partial charge in [-0.3, -0.25) is 5.41 Å². The number of hydrogen-bond donors (Lipinski definition) is 3.